The van der Waals surface area contributed by atoms with E-state index >= 15 is 0 Å². The Morgan fingerprint density at radius 3 is 2.42 bits per heavy atom. The molecule has 2 aliphatic heterocycles. The van der Waals surface area contributed by atoms with Crippen molar-refractivity contribution in [3.05, 3.63) is 57.9 Å². The summed E-state index contributed by atoms with van der Waals surface area (Å²) in [5, 5.41) is 0. The van der Waals surface area contributed by atoms with E-state index in [0.29, 0.717) is 12.2 Å². The zero-order valence-corrected chi connectivity index (χ0v) is 22.8. The highest BCUT2D eigenvalue weighted by molar-refractivity contribution is 6.47. The smallest absolute Gasteiger partial charge is 0.465 e. The van der Waals surface area contributed by atoms with Gasteiger partial charge in [-0.1, -0.05) is 12.1 Å². The minimum atomic E-state index is -0.490. The lowest BCUT2D eigenvalue weighted by Gasteiger charge is -2.44. The van der Waals surface area contributed by atoms with E-state index < -0.39 is 12.7 Å². The van der Waals surface area contributed by atoms with Crippen LogP contribution in [0, 0.1) is 26.6 Å². The Morgan fingerprint density at radius 1 is 1.14 bits per heavy atom. The van der Waals surface area contributed by atoms with Gasteiger partial charge in [-0.05, 0) is 109 Å². The van der Waals surface area contributed by atoms with Crippen LogP contribution in [0.1, 0.15) is 87.5 Å². The number of carbonyl (C=O) groups excluding carboxylic acids is 1. The molecule has 1 fully saturated rings. The molecule has 0 aromatic heterocycles. The molecule has 0 spiro atoms. The van der Waals surface area contributed by atoms with Gasteiger partial charge in [0.25, 0.3) is 0 Å². The van der Waals surface area contributed by atoms with E-state index in [9.17, 15) is 9.18 Å². The van der Waals surface area contributed by atoms with Gasteiger partial charge in [-0.3, -0.25) is 4.79 Å². The molecular formula is C29H38BFO5. The Kier molecular flexibility index (Phi) is 7.28. The molecule has 3 unspecified atom stereocenters. The standard InChI is InChI=1S/C29H38BFO5/c1-17-15-28(6,7)36-30(35-17)25(22-9-11-23(31)12-10-22)16-29(8)14-13-24-20(4)26(33-21(5)32)18(2)19(3)27(24)34-29/h9-12,17,25H,13-16H2,1-8H3. The molecule has 0 aliphatic carbocycles. The van der Waals surface area contributed by atoms with Crippen molar-refractivity contribution in [3.63, 3.8) is 0 Å². The van der Waals surface area contributed by atoms with Gasteiger partial charge in [0.2, 0.25) is 0 Å². The fourth-order valence-corrected chi connectivity index (χ4v) is 5.81. The zero-order valence-electron chi connectivity index (χ0n) is 22.8. The van der Waals surface area contributed by atoms with E-state index in [4.69, 9.17) is 18.8 Å². The van der Waals surface area contributed by atoms with Crippen molar-refractivity contribution in [2.75, 3.05) is 0 Å². The van der Waals surface area contributed by atoms with Crippen molar-refractivity contribution in [1.82, 2.24) is 0 Å². The fourth-order valence-electron chi connectivity index (χ4n) is 5.81. The van der Waals surface area contributed by atoms with Crippen LogP contribution in [0.2, 0.25) is 0 Å². The molecule has 2 aliphatic rings. The molecule has 7 heteroatoms. The molecule has 0 radical (unpaired) electrons. The largest absolute Gasteiger partial charge is 0.487 e. The van der Waals surface area contributed by atoms with Crippen LogP contribution < -0.4 is 9.47 Å². The second-order valence-corrected chi connectivity index (χ2v) is 11.4. The number of carbonyl (C=O) groups is 1. The van der Waals surface area contributed by atoms with Crippen LogP contribution in [0.15, 0.2) is 24.3 Å². The molecule has 194 valence electrons. The summed E-state index contributed by atoms with van der Waals surface area (Å²) in [5.74, 6) is 0.772. The summed E-state index contributed by atoms with van der Waals surface area (Å²) >= 11 is 0. The van der Waals surface area contributed by atoms with E-state index in [2.05, 4.69) is 27.7 Å². The monoisotopic (exact) mass is 496 g/mol. The maximum absolute atomic E-state index is 13.8. The Morgan fingerprint density at radius 2 is 1.81 bits per heavy atom. The fraction of sp³-hybridized carbons (Fsp3) is 0.552. The number of esters is 1. The average Bonchev–Trinajstić information content (AvgIpc) is 2.78. The number of rotatable bonds is 5. The molecule has 0 saturated carbocycles. The predicted octanol–water partition coefficient (Wildman–Crippen LogP) is 6.57. The minimum Gasteiger partial charge on any atom is -0.487 e. The van der Waals surface area contributed by atoms with Crippen LogP contribution in [0.4, 0.5) is 4.39 Å². The molecule has 2 aromatic carbocycles. The van der Waals surface area contributed by atoms with E-state index in [-0.39, 0.29) is 29.3 Å². The zero-order chi connectivity index (χ0) is 26.4. The molecule has 0 bridgehead atoms. The van der Waals surface area contributed by atoms with Gasteiger partial charge in [-0.2, -0.15) is 0 Å². The lowest BCUT2D eigenvalue weighted by Crippen LogP contribution is -2.51. The Labute approximate surface area is 214 Å². The van der Waals surface area contributed by atoms with E-state index in [1.807, 2.05) is 32.9 Å². The van der Waals surface area contributed by atoms with E-state index in [1.165, 1.54) is 19.1 Å². The van der Waals surface area contributed by atoms with Crippen molar-refractivity contribution in [1.29, 1.82) is 0 Å². The van der Waals surface area contributed by atoms with Gasteiger partial charge >= 0.3 is 13.1 Å². The average molecular weight is 496 g/mol. The van der Waals surface area contributed by atoms with Gasteiger partial charge < -0.3 is 18.8 Å². The Hall–Kier alpha value is -2.38. The van der Waals surface area contributed by atoms with Gasteiger partial charge in [0.1, 0.15) is 22.9 Å². The summed E-state index contributed by atoms with van der Waals surface area (Å²) in [5.41, 5.74) is 4.10. The summed E-state index contributed by atoms with van der Waals surface area (Å²) in [6.45, 7) is 15.8. The molecule has 4 rings (SSSR count). The molecule has 1 saturated heterocycles. The Balaban J connectivity index is 1.68. The molecule has 2 aromatic rings. The maximum atomic E-state index is 13.8. The van der Waals surface area contributed by atoms with Crippen LogP contribution in [0.25, 0.3) is 0 Å². The maximum Gasteiger partial charge on any atom is 0.465 e. The molecule has 3 atom stereocenters. The van der Waals surface area contributed by atoms with Crippen LogP contribution >= 0.6 is 0 Å². The van der Waals surface area contributed by atoms with Crippen LogP contribution in [0.3, 0.4) is 0 Å². The second-order valence-electron chi connectivity index (χ2n) is 11.4. The van der Waals surface area contributed by atoms with Gasteiger partial charge in [0, 0.05) is 24.4 Å². The third kappa shape index (κ3) is 5.47. The lowest BCUT2D eigenvalue weighted by molar-refractivity contribution is -0.132. The number of halogens is 1. The molecule has 2 heterocycles. The first kappa shape index (κ1) is 26.7. The molecule has 0 N–H and O–H groups in total. The van der Waals surface area contributed by atoms with Crippen molar-refractivity contribution in [3.8, 4) is 11.5 Å². The van der Waals surface area contributed by atoms with Crippen molar-refractivity contribution in [2.24, 2.45) is 0 Å². The number of hydrogen-bond acceptors (Lipinski definition) is 5. The summed E-state index contributed by atoms with van der Waals surface area (Å²) in [7, 11) is -0.466. The predicted molar refractivity (Wildman–Crippen MR) is 139 cm³/mol. The summed E-state index contributed by atoms with van der Waals surface area (Å²) < 4.78 is 38.9. The number of benzene rings is 2. The highest BCUT2D eigenvalue weighted by atomic mass is 19.1. The topological polar surface area (TPSA) is 54.0 Å². The normalized spacial score (nSPS) is 24.0. The highest BCUT2D eigenvalue weighted by Crippen LogP contribution is 2.47. The van der Waals surface area contributed by atoms with Gasteiger partial charge in [0.15, 0.2) is 0 Å². The SMILES string of the molecule is CC(=O)Oc1c(C)c(C)c2c(c1C)CCC(C)(CC(B1OC(C)CC(C)(C)O1)c1ccc(F)cc1)O2. The molecule has 5 nitrogen and oxygen atoms in total. The van der Waals surface area contributed by atoms with E-state index in [0.717, 1.165) is 52.8 Å². The van der Waals surface area contributed by atoms with Crippen molar-refractivity contribution < 1.29 is 28.0 Å². The lowest BCUT2D eigenvalue weighted by atomic mass is 9.61. The van der Waals surface area contributed by atoms with Crippen LogP contribution in [-0.2, 0) is 20.5 Å². The molecular weight excluding hydrogens is 458 g/mol. The van der Waals surface area contributed by atoms with Crippen LogP contribution in [-0.4, -0.2) is 30.4 Å². The van der Waals surface area contributed by atoms with Crippen LogP contribution in [0.5, 0.6) is 11.5 Å². The second kappa shape index (κ2) is 9.83. The van der Waals surface area contributed by atoms with Gasteiger partial charge in [-0.15, -0.1) is 0 Å². The first-order valence-corrected chi connectivity index (χ1v) is 12.9. The highest BCUT2D eigenvalue weighted by Gasteiger charge is 2.47. The summed E-state index contributed by atoms with van der Waals surface area (Å²) in [6.07, 6.45) is 3.09. The quantitative estimate of drug-likeness (QED) is 0.266. The third-order valence-corrected chi connectivity index (χ3v) is 7.67. The van der Waals surface area contributed by atoms with E-state index in [1.54, 1.807) is 0 Å². The summed E-state index contributed by atoms with van der Waals surface area (Å²) in [6, 6.07) is 6.63. The number of ether oxygens (including phenoxy) is 2. The van der Waals surface area contributed by atoms with Gasteiger partial charge in [0.05, 0.1) is 5.60 Å². The minimum absolute atomic E-state index is 0.0507. The Bertz CT molecular complexity index is 1150. The van der Waals surface area contributed by atoms with Gasteiger partial charge in [-0.25, -0.2) is 4.39 Å². The molecule has 0 amide bonds. The molecule has 36 heavy (non-hydrogen) atoms. The number of hydrogen-bond donors (Lipinski definition) is 0. The third-order valence-electron chi connectivity index (χ3n) is 7.67. The van der Waals surface area contributed by atoms with Crippen molar-refractivity contribution >= 4 is 13.1 Å². The first-order chi connectivity index (χ1) is 16.8. The number of fused-ring (bicyclic) bond motifs is 1. The first-order valence-electron chi connectivity index (χ1n) is 12.9. The van der Waals surface area contributed by atoms with Crippen molar-refractivity contribution in [2.45, 2.75) is 104 Å². The summed E-state index contributed by atoms with van der Waals surface area (Å²) in [4.78, 5) is 11.7.